The van der Waals surface area contributed by atoms with Crippen molar-refractivity contribution < 1.29 is 17.9 Å². The molecule has 1 aliphatic heterocycles. The molecule has 1 aliphatic rings. The van der Waals surface area contributed by atoms with Gasteiger partial charge < -0.3 is 15.0 Å². The topological polar surface area (TPSA) is 79.0 Å². The number of ether oxygens (including phenoxy) is 1. The van der Waals surface area contributed by atoms with Gasteiger partial charge in [-0.15, -0.1) is 0 Å². The molecule has 0 aliphatic carbocycles. The van der Waals surface area contributed by atoms with Crippen LogP contribution < -0.4 is 10.2 Å². The van der Waals surface area contributed by atoms with Gasteiger partial charge in [-0.05, 0) is 48.4 Å². The first-order valence-corrected chi connectivity index (χ1v) is 11.2. The van der Waals surface area contributed by atoms with E-state index in [1.807, 2.05) is 43.3 Å². The van der Waals surface area contributed by atoms with E-state index in [0.717, 1.165) is 11.3 Å². The maximum absolute atomic E-state index is 13.0. The number of benzene rings is 2. The van der Waals surface area contributed by atoms with Crippen molar-refractivity contribution in [3.05, 3.63) is 59.7 Å². The third-order valence-corrected chi connectivity index (χ3v) is 6.92. The van der Waals surface area contributed by atoms with Crippen molar-refractivity contribution in [2.45, 2.75) is 11.8 Å². The third kappa shape index (κ3) is 5.27. The lowest BCUT2D eigenvalue weighted by Crippen LogP contribution is -2.40. The van der Waals surface area contributed by atoms with Gasteiger partial charge in [0.1, 0.15) is 0 Å². The van der Waals surface area contributed by atoms with Crippen molar-refractivity contribution in [3.8, 4) is 0 Å². The highest BCUT2D eigenvalue weighted by molar-refractivity contribution is 7.89. The second-order valence-electron chi connectivity index (χ2n) is 7.31. The number of sulfonamides is 1. The number of morpholine rings is 1. The molecule has 0 atom stereocenters. The van der Waals surface area contributed by atoms with Crippen molar-refractivity contribution in [2.75, 3.05) is 50.6 Å². The molecule has 1 amide bonds. The average Bonchev–Trinajstić information content (AvgIpc) is 2.74. The molecule has 2 aromatic carbocycles. The van der Waals surface area contributed by atoms with Gasteiger partial charge in [-0.25, -0.2) is 8.42 Å². The Morgan fingerprint density at radius 3 is 2.40 bits per heavy atom. The Morgan fingerprint density at radius 1 is 1.10 bits per heavy atom. The fourth-order valence-electron chi connectivity index (χ4n) is 3.12. The number of rotatable bonds is 6. The van der Waals surface area contributed by atoms with Crippen LogP contribution in [0.1, 0.15) is 11.1 Å². The summed E-state index contributed by atoms with van der Waals surface area (Å²) in [4.78, 5) is 14.5. The third-order valence-electron chi connectivity index (χ3n) is 4.88. The molecule has 0 radical (unpaired) electrons. The summed E-state index contributed by atoms with van der Waals surface area (Å²) in [5.41, 5.74) is 3.04. The first kappa shape index (κ1) is 22.0. The Bertz CT molecular complexity index is 1020. The number of carbonyl (C=O) groups is 1. The molecule has 7 nitrogen and oxygen atoms in total. The zero-order valence-electron chi connectivity index (χ0n) is 17.5. The molecule has 8 heteroatoms. The number of carbonyl (C=O) groups excluding carboxylic acids is 1. The molecular formula is C22H27N3O4S. The highest BCUT2D eigenvalue weighted by atomic mass is 32.2. The Balaban J connectivity index is 1.72. The van der Waals surface area contributed by atoms with Gasteiger partial charge in [-0.2, -0.15) is 4.31 Å². The van der Waals surface area contributed by atoms with Crippen LogP contribution in [0.4, 0.5) is 11.4 Å². The number of aryl methyl sites for hydroxylation is 1. The summed E-state index contributed by atoms with van der Waals surface area (Å²) in [7, 11) is 0.294. The Kier molecular flexibility index (Phi) is 6.91. The molecule has 1 N–H and O–H groups in total. The largest absolute Gasteiger partial charge is 0.379 e. The summed E-state index contributed by atoms with van der Waals surface area (Å²) in [5.74, 6) is -0.328. The minimum Gasteiger partial charge on any atom is -0.379 e. The predicted octanol–water partition coefficient (Wildman–Crippen LogP) is 2.73. The lowest BCUT2D eigenvalue weighted by atomic mass is 10.2. The van der Waals surface area contributed by atoms with Crippen molar-refractivity contribution in [3.63, 3.8) is 0 Å². The van der Waals surface area contributed by atoms with Gasteiger partial charge >= 0.3 is 0 Å². The van der Waals surface area contributed by atoms with E-state index in [9.17, 15) is 13.2 Å². The minimum absolute atomic E-state index is 0.199. The standard InChI is InChI=1S/C22H27N3O4S/c1-17-4-8-19(16-21(17)30(27,28)25-12-14-29-15-13-25)23-22(26)11-7-18-5-9-20(10-6-18)24(2)3/h4-11,16H,12-15H2,1-3H3,(H,23,26)/b11-7+. The molecule has 2 aromatic rings. The Hall–Kier alpha value is -2.68. The van der Waals surface area contributed by atoms with E-state index in [2.05, 4.69) is 5.32 Å². The average molecular weight is 430 g/mol. The fraction of sp³-hybridized carbons (Fsp3) is 0.318. The monoisotopic (exact) mass is 429 g/mol. The quantitative estimate of drug-likeness (QED) is 0.715. The van der Waals surface area contributed by atoms with Crippen LogP contribution >= 0.6 is 0 Å². The molecule has 0 bridgehead atoms. The summed E-state index contributed by atoms with van der Waals surface area (Å²) in [6, 6.07) is 12.7. The minimum atomic E-state index is -3.64. The van der Waals surface area contributed by atoms with E-state index in [1.54, 1.807) is 25.1 Å². The molecule has 160 valence electrons. The van der Waals surface area contributed by atoms with E-state index in [4.69, 9.17) is 4.74 Å². The summed E-state index contributed by atoms with van der Waals surface area (Å²) in [5, 5.41) is 2.74. The highest BCUT2D eigenvalue weighted by Crippen LogP contribution is 2.24. The molecule has 1 fully saturated rings. The number of hydrogen-bond acceptors (Lipinski definition) is 5. The van der Waals surface area contributed by atoms with Crippen LogP contribution in [0.2, 0.25) is 0 Å². The highest BCUT2D eigenvalue weighted by Gasteiger charge is 2.28. The summed E-state index contributed by atoms with van der Waals surface area (Å²) in [6.45, 7) is 3.17. The zero-order chi connectivity index (χ0) is 21.7. The van der Waals surface area contributed by atoms with Crippen LogP contribution in [0, 0.1) is 6.92 Å². The van der Waals surface area contributed by atoms with Gasteiger partial charge in [0.05, 0.1) is 18.1 Å². The molecule has 0 aromatic heterocycles. The zero-order valence-corrected chi connectivity index (χ0v) is 18.3. The lowest BCUT2D eigenvalue weighted by Gasteiger charge is -2.26. The van der Waals surface area contributed by atoms with Crippen molar-refractivity contribution in [1.82, 2.24) is 4.31 Å². The maximum Gasteiger partial charge on any atom is 0.248 e. The van der Waals surface area contributed by atoms with Crippen LogP contribution in [0.15, 0.2) is 53.4 Å². The molecule has 0 unspecified atom stereocenters. The maximum atomic E-state index is 13.0. The Labute approximate surface area is 178 Å². The van der Waals surface area contributed by atoms with Crippen LogP contribution in [-0.4, -0.2) is 59.0 Å². The van der Waals surface area contributed by atoms with Gasteiger partial charge in [-0.3, -0.25) is 4.79 Å². The molecule has 1 heterocycles. The number of nitrogens with zero attached hydrogens (tertiary/aromatic N) is 2. The first-order valence-electron chi connectivity index (χ1n) is 9.72. The second-order valence-corrected chi connectivity index (χ2v) is 9.21. The summed E-state index contributed by atoms with van der Waals surface area (Å²) >= 11 is 0. The summed E-state index contributed by atoms with van der Waals surface area (Å²) < 4.78 is 32.6. The SMILES string of the molecule is Cc1ccc(NC(=O)/C=C/c2ccc(N(C)C)cc2)cc1S(=O)(=O)N1CCOCC1. The fourth-order valence-corrected chi connectivity index (χ4v) is 4.78. The number of nitrogens with one attached hydrogen (secondary N) is 1. The van der Waals surface area contributed by atoms with Crippen LogP contribution in [0.3, 0.4) is 0 Å². The van der Waals surface area contributed by atoms with E-state index >= 15 is 0 Å². The van der Waals surface area contributed by atoms with Gasteiger partial charge in [-0.1, -0.05) is 18.2 Å². The second kappa shape index (κ2) is 9.42. The van der Waals surface area contributed by atoms with Crippen molar-refractivity contribution in [1.29, 1.82) is 0 Å². The molecule has 0 spiro atoms. The van der Waals surface area contributed by atoms with Crippen LogP contribution in [0.5, 0.6) is 0 Å². The van der Waals surface area contributed by atoms with E-state index in [0.29, 0.717) is 37.6 Å². The van der Waals surface area contributed by atoms with E-state index < -0.39 is 10.0 Å². The van der Waals surface area contributed by atoms with Crippen LogP contribution in [-0.2, 0) is 19.6 Å². The molecule has 30 heavy (non-hydrogen) atoms. The lowest BCUT2D eigenvalue weighted by molar-refractivity contribution is -0.111. The molecular weight excluding hydrogens is 402 g/mol. The van der Waals surface area contributed by atoms with E-state index in [1.165, 1.54) is 16.4 Å². The van der Waals surface area contributed by atoms with Crippen LogP contribution in [0.25, 0.3) is 6.08 Å². The molecule has 0 saturated carbocycles. The number of hydrogen-bond donors (Lipinski definition) is 1. The van der Waals surface area contributed by atoms with Crippen molar-refractivity contribution in [2.24, 2.45) is 0 Å². The Morgan fingerprint density at radius 2 is 1.77 bits per heavy atom. The smallest absolute Gasteiger partial charge is 0.248 e. The van der Waals surface area contributed by atoms with Crippen molar-refractivity contribution >= 4 is 33.4 Å². The van der Waals surface area contributed by atoms with Gasteiger partial charge in [0, 0.05) is 44.6 Å². The number of amides is 1. The predicted molar refractivity (Wildman–Crippen MR) is 119 cm³/mol. The summed E-state index contributed by atoms with van der Waals surface area (Å²) in [6.07, 6.45) is 3.15. The molecule has 3 rings (SSSR count). The van der Waals surface area contributed by atoms with Gasteiger partial charge in [0.15, 0.2) is 0 Å². The normalized spacial score (nSPS) is 15.3. The van der Waals surface area contributed by atoms with E-state index in [-0.39, 0.29) is 10.8 Å². The van der Waals surface area contributed by atoms with Gasteiger partial charge in [0.2, 0.25) is 15.9 Å². The molecule has 1 saturated heterocycles. The first-order chi connectivity index (χ1) is 14.3. The van der Waals surface area contributed by atoms with Gasteiger partial charge in [0.25, 0.3) is 0 Å². The number of anilines is 2.